The molecule has 0 spiro atoms. The molecule has 0 heterocycles. The Labute approximate surface area is 132 Å². The van der Waals surface area contributed by atoms with Gasteiger partial charge in [-0.2, -0.15) is 0 Å². The third kappa shape index (κ3) is 5.73. The molecule has 1 aromatic carbocycles. The number of nitrogens with two attached hydrogens (primary N) is 1. The predicted octanol–water partition coefficient (Wildman–Crippen LogP) is 2.03. The number of hydrogen-bond donors (Lipinski definition) is 3. The zero-order valence-electron chi connectivity index (χ0n) is 13.6. The first kappa shape index (κ1) is 18.0. The molecule has 122 valence electrons. The summed E-state index contributed by atoms with van der Waals surface area (Å²) in [6, 6.07) is 6.60. The lowest BCUT2D eigenvalue weighted by Crippen LogP contribution is -2.40. The molecule has 1 atom stereocenters. The Morgan fingerprint density at radius 3 is 2.64 bits per heavy atom. The standard InChI is InChI=1S/C16H26N4O2/c1-4-5-8-14(11-17)18-15(21)12-7-6-9-13(10-12)19-16(22)20(2)3/h6-7,9-10,14H,4-5,8,11,17H2,1-3H3,(H,18,21)(H,19,22). The minimum atomic E-state index is -0.236. The quantitative estimate of drug-likeness (QED) is 0.720. The van der Waals surface area contributed by atoms with Gasteiger partial charge in [0.05, 0.1) is 0 Å². The third-order valence-electron chi connectivity index (χ3n) is 3.31. The lowest BCUT2D eigenvalue weighted by atomic mass is 10.1. The Morgan fingerprint density at radius 1 is 1.32 bits per heavy atom. The largest absolute Gasteiger partial charge is 0.348 e. The van der Waals surface area contributed by atoms with Gasteiger partial charge in [0.25, 0.3) is 5.91 Å². The van der Waals surface area contributed by atoms with Crippen LogP contribution in [0.2, 0.25) is 0 Å². The number of carbonyl (C=O) groups excluding carboxylic acids is 2. The van der Waals surface area contributed by atoms with E-state index in [2.05, 4.69) is 17.6 Å². The highest BCUT2D eigenvalue weighted by molar-refractivity contribution is 5.97. The van der Waals surface area contributed by atoms with Gasteiger partial charge in [0.2, 0.25) is 0 Å². The minimum absolute atomic E-state index is 0.0209. The summed E-state index contributed by atoms with van der Waals surface area (Å²) in [5.41, 5.74) is 6.79. The van der Waals surface area contributed by atoms with Crippen molar-refractivity contribution in [1.82, 2.24) is 10.2 Å². The fourth-order valence-corrected chi connectivity index (χ4v) is 1.94. The van der Waals surface area contributed by atoms with Crippen LogP contribution >= 0.6 is 0 Å². The van der Waals surface area contributed by atoms with Crippen molar-refractivity contribution in [3.63, 3.8) is 0 Å². The molecule has 0 aliphatic carbocycles. The summed E-state index contributed by atoms with van der Waals surface area (Å²) in [6.45, 7) is 2.52. The second kappa shape index (κ2) is 9.04. The minimum Gasteiger partial charge on any atom is -0.348 e. The predicted molar refractivity (Wildman–Crippen MR) is 89.0 cm³/mol. The molecule has 4 N–H and O–H groups in total. The van der Waals surface area contributed by atoms with E-state index in [1.165, 1.54) is 4.90 Å². The highest BCUT2D eigenvalue weighted by Gasteiger charge is 2.13. The maximum atomic E-state index is 12.3. The van der Waals surface area contributed by atoms with Crippen molar-refractivity contribution >= 4 is 17.6 Å². The molecular weight excluding hydrogens is 280 g/mol. The number of rotatable bonds is 7. The van der Waals surface area contributed by atoms with Crippen LogP contribution in [0.25, 0.3) is 0 Å². The molecule has 0 aliphatic heterocycles. The molecule has 6 nitrogen and oxygen atoms in total. The number of anilines is 1. The lowest BCUT2D eigenvalue weighted by Gasteiger charge is -2.17. The maximum absolute atomic E-state index is 12.3. The summed E-state index contributed by atoms with van der Waals surface area (Å²) in [5, 5.41) is 5.65. The summed E-state index contributed by atoms with van der Waals surface area (Å²) < 4.78 is 0. The Bertz CT molecular complexity index is 503. The fraction of sp³-hybridized carbons (Fsp3) is 0.500. The van der Waals surface area contributed by atoms with Crippen LogP contribution in [-0.4, -0.2) is 43.5 Å². The van der Waals surface area contributed by atoms with Crippen LogP contribution in [0.1, 0.15) is 36.5 Å². The number of unbranched alkanes of at least 4 members (excludes halogenated alkanes) is 1. The molecular formula is C16H26N4O2. The number of nitrogens with one attached hydrogen (secondary N) is 2. The van der Waals surface area contributed by atoms with Gasteiger partial charge in [0.1, 0.15) is 0 Å². The molecule has 1 aromatic rings. The summed E-state index contributed by atoms with van der Waals surface area (Å²) in [4.78, 5) is 25.3. The maximum Gasteiger partial charge on any atom is 0.321 e. The SMILES string of the molecule is CCCCC(CN)NC(=O)c1cccc(NC(=O)N(C)C)c1. The first-order chi connectivity index (χ1) is 10.5. The smallest absolute Gasteiger partial charge is 0.321 e. The van der Waals surface area contributed by atoms with Crippen molar-refractivity contribution in [2.75, 3.05) is 26.0 Å². The molecule has 22 heavy (non-hydrogen) atoms. The molecule has 0 radical (unpaired) electrons. The van der Waals surface area contributed by atoms with Gasteiger partial charge in [-0.15, -0.1) is 0 Å². The Morgan fingerprint density at radius 2 is 2.05 bits per heavy atom. The molecule has 0 saturated carbocycles. The second-order valence-electron chi connectivity index (χ2n) is 5.45. The van der Waals surface area contributed by atoms with E-state index in [4.69, 9.17) is 5.73 Å². The van der Waals surface area contributed by atoms with Crippen molar-refractivity contribution in [1.29, 1.82) is 0 Å². The number of nitrogens with zero attached hydrogens (tertiary/aromatic N) is 1. The molecule has 0 aliphatic rings. The van der Waals surface area contributed by atoms with Gasteiger partial charge in [0.15, 0.2) is 0 Å². The number of urea groups is 1. The van der Waals surface area contributed by atoms with Crippen LogP contribution in [-0.2, 0) is 0 Å². The van der Waals surface area contributed by atoms with Gasteiger partial charge in [-0.05, 0) is 24.6 Å². The van der Waals surface area contributed by atoms with Crippen LogP contribution in [0, 0.1) is 0 Å². The number of carbonyl (C=O) groups is 2. The van der Waals surface area contributed by atoms with Gasteiger partial charge in [-0.3, -0.25) is 4.79 Å². The number of amides is 3. The van der Waals surface area contributed by atoms with Crippen molar-refractivity contribution in [2.24, 2.45) is 5.73 Å². The van der Waals surface area contributed by atoms with E-state index in [1.807, 2.05) is 0 Å². The summed E-state index contributed by atoms with van der Waals surface area (Å²) in [5.74, 6) is -0.174. The van der Waals surface area contributed by atoms with Gasteiger partial charge in [-0.25, -0.2) is 4.79 Å². The van der Waals surface area contributed by atoms with E-state index in [-0.39, 0.29) is 18.0 Å². The van der Waals surface area contributed by atoms with Crippen LogP contribution in [0.4, 0.5) is 10.5 Å². The molecule has 1 unspecified atom stereocenters. The zero-order chi connectivity index (χ0) is 16.5. The number of hydrogen-bond acceptors (Lipinski definition) is 3. The fourth-order valence-electron chi connectivity index (χ4n) is 1.94. The molecule has 1 rings (SSSR count). The van der Waals surface area contributed by atoms with Crippen LogP contribution in [0.15, 0.2) is 24.3 Å². The first-order valence-corrected chi connectivity index (χ1v) is 7.57. The van der Waals surface area contributed by atoms with E-state index in [0.717, 1.165) is 19.3 Å². The molecule has 0 fully saturated rings. The molecule has 0 aromatic heterocycles. The Kier molecular flexibility index (Phi) is 7.39. The van der Waals surface area contributed by atoms with Crippen LogP contribution in [0.3, 0.4) is 0 Å². The van der Waals surface area contributed by atoms with Crippen LogP contribution in [0.5, 0.6) is 0 Å². The Hall–Kier alpha value is -2.08. The summed E-state index contributed by atoms with van der Waals surface area (Å²) >= 11 is 0. The van der Waals surface area contributed by atoms with Gasteiger partial charge in [0, 0.05) is 37.9 Å². The average Bonchev–Trinajstić information content (AvgIpc) is 2.51. The average molecular weight is 306 g/mol. The summed E-state index contributed by atoms with van der Waals surface area (Å²) in [7, 11) is 3.32. The highest BCUT2D eigenvalue weighted by Crippen LogP contribution is 2.12. The molecule has 6 heteroatoms. The normalized spacial score (nSPS) is 11.6. The van der Waals surface area contributed by atoms with Crippen molar-refractivity contribution < 1.29 is 9.59 Å². The topological polar surface area (TPSA) is 87.5 Å². The van der Waals surface area contributed by atoms with Gasteiger partial charge in [-0.1, -0.05) is 25.8 Å². The third-order valence-corrected chi connectivity index (χ3v) is 3.31. The van der Waals surface area contributed by atoms with Crippen molar-refractivity contribution in [3.05, 3.63) is 29.8 Å². The van der Waals surface area contributed by atoms with E-state index >= 15 is 0 Å². The van der Waals surface area contributed by atoms with Crippen LogP contribution < -0.4 is 16.4 Å². The van der Waals surface area contributed by atoms with E-state index < -0.39 is 0 Å². The molecule has 0 bridgehead atoms. The van der Waals surface area contributed by atoms with Crippen molar-refractivity contribution in [3.8, 4) is 0 Å². The zero-order valence-corrected chi connectivity index (χ0v) is 13.6. The van der Waals surface area contributed by atoms with E-state index in [1.54, 1.807) is 38.4 Å². The molecule has 0 saturated heterocycles. The Balaban J connectivity index is 2.71. The molecule has 3 amide bonds. The monoisotopic (exact) mass is 306 g/mol. The highest BCUT2D eigenvalue weighted by atomic mass is 16.2. The number of benzene rings is 1. The van der Waals surface area contributed by atoms with Gasteiger partial charge < -0.3 is 21.3 Å². The lowest BCUT2D eigenvalue weighted by molar-refractivity contribution is 0.0935. The second-order valence-corrected chi connectivity index (χ2v) is 5.45. The van der Waals surface area contributed by atoms with E-state index in [0.29, 0.717) is 17.8 Å². The summed E-state index contributed by atoms with van der Waals surface area (Å²) in [6.07, 6.45) is 2.97. The van der Waals surface area contributed by atoms with Gasteiger partial charge >= 0.3 is 6.03 Å². The van der Waals surface area contributed by atoms with Crippen molar-refractivity contribution in [2.45, 2.75) is 32.2 Å². The first-order valence-electron chi connectivity index (χ1n) is 7.57. The van der Waals surface area contributed by atoms with E-state index in [9.17, 15) is 9.59 Å².